The van der Waals surface area contributed by atoms with Gasteiger partial charge in [0, 0.05) is 12.1 Å². The Hall–Kier alpha value is -2.78. The molecular formula is C16H12N2O3S. The molecule has 3 aromatic rings. The van der Waals surface area contributed by atoms with Crippen LogP contribution in [0.5, 0.6) is 11.5 Å². The van der Waals surface area contributed by atoms with Crippen molar-refractivity contribution < 1.29 is 14.0 Å². The lowest BCUT2D eigenvalue weighted by Crippen LogP contribution is -1.98. The van der Waals surface area contributed by atoms with Crippen molar-refractivity contribution in [2.45, 2.75) is 6.61 Å². The van der Waals surface area contributed by atoms with Crippen LogP contribution in [-0.4, -0.2) is 12.3 Å². The second kappa shape index (κ2) is 6.33. The van der Waals surface area contributed by atoms with Crippen LogP contribution in [0.15, 0.2) is 46.3 Å². The second-order valence-electron chi connectivity index (χ2n) is 4.43. The molecule has 2 heterocycles. The zero-order valence-corrected chi connectivity index (χ0v) is 12.6. The molecule has 0 amide bonds. The monoisotopic (exact) mass is 312 g/mol. The van der Waals surface area contributed by atoms with Gasteiger partial charge in [0.1, 0.15) is 12.3 Å². The number of aromatic nitrogens is 1. The fourth-order valence-electron chi connectivity index (χ4n) is 1.92. The maximum absolute atomic E-state index is 8.88. The largest absolute Gasteiger partial charge is 0.493 e. The molecule has 0 bridgehead atoms. The molecule has 110 valence electrons. The first kappa shape index (κ1) is 14.2. The van der Waals surface area contributed by atoms with Gasteiger partial charge in [0.15, 0.2) is 17.3 Å². The van der Waals surface area contributed by atoms with Gasteiger partial charge in [-0.2, -0.15) is 5.26 Å². The van der Waals surface area contributed by atoms with Crippen molar-refractivity contribution in [2.75, 3.05) is 7.11 Å². The SMILES string of the molecule is COc1cc(C#N)ccc1OCc1cc(-c2cccs2)on1. The molecule has 0 aliphatic carbocycles. The number of ether oxygens (including phenoxy) is 2. The number of thiophene rings is 1. The minimum Gasteiger partial charge on any atom is -0.493 e. The maximum Gasteiger partial charge on any atom is 0.177 e. The average Bonchev–Trinajstić information content (AvgIpc) is 3.23. The number of hydrogen-bond donors (Lipinski definition) is 0. The smallest absolute Gasteiger partial charge is 0.177 e. The van der Waals surface area contributed by atoms with E-state index < -0.39 is 0 Å². The number of benzene rings is 1. The number of hydrogen-bond acceptors (Lipinski definition) is 6. The van der Waals surface area contributed by atoms with Gasteiger partial charge in [-0.15, -0.1) is 11.3 Å². The van der Waals surface area contributed by atoms with Gasteiger partial charge >= 0.3 is 0 Å². The molecule has 3 rings (SSSR count). The average molecular weight is 312 g/mol. The molecule has 1 aromatic carbocycles. The van der Waals surface area contributed by atoms with Crippen molar-refractivity contribution >= 4 is 11.3 Å². The molecule has 6 heteroatoms. The van der Waals surface area contributed by atoms with Gasteiger partial charge in [-0.1, -0.05) is 11.2 Å². The zero-order valence-electron chi connectivity index (χ0n) is 11.8. The quantitative estimate of drug-likeness (QED) is 0.715. The minimum absolute atomic E-state index is 0.261. The van der Waals surface area contributed by atoms with Crippen molar-refractivity contribution in [3.63, 3.8) is 0 Å². The van der Waals surface area contributed by atoms with Gasteiger partial charge in [-0.25, -0.2) is 0 Å². The van der Waals surface area contributed by atoms with E-state index in [1.165, 1.54) is 7.11 Å². The molecular weight excluding hydrogens is 300 g/mol. The highest BCUT2D eigenvalue weighted by Crippen LogP contribution is 2.29. The minimum atomic E-state index is 0.261. The number of nitrogens with zero attached hydrogens (tertiary/aromatic N) is 2. The van der Waals surface area contributed by atoms with Crippen LogP contribution in [0.1, 0.15) is 11.3 Å². The summed E-state index contributed by atoms with van der Waals surface area (Å²) in [4.78, 5) is 1.02. The maximum atomic E-state index is 8.88. The van der Waals surface area contributed by atoms with E-state index in [1.54, 1.807) is 29.5 Å². The number of nitriles is 1. The molecule has 0 saturated heterocycles. The highest BCUT2D eigenvalue weighted by atomic mass is 32.1. The molecule has 0 atom stereocenters. The van der Waals surface area contributed by atoms with Crippen LogP contribution >= 0.6 is 11.3 Å². The van der Waals surface area contributed by atoms with Gasteiger partial charge in [-0.3, -0.25) is 0 Å². The lowest BCUT2D eigenvalue weighted by molar-refractivity contribution is 0.272. The predicted octanol–water partition coefficient (Wildman–Crippen LogP) is 3.86. The third kappa shape index (κ3) is 2.95. The fraction of sp³-hybridized carbons (Fsp3) is 0.125. The second-order valence-corrected chi connectivity index (χ2v) is 5.37. The topological polar surface area (TPSA) is 68.3 Å². The summed E-state index contributed by atoms with van der Waals surface area (Å²) in [6.45, 7) is 0.261. The Balaban J connectivity index is 1.72. The van der Waals surface area contributed by atoms with Crippen molar-refractivity contribution in [3.05, 3.63) is 53.0 Å². The highest BCUT2D eigenvalue weighted by molar-refractivity contribution is 7.13. The normalized spacial score (nSPS) is 10.2. The van der Waals surface area contributed by atoms with E-state index in [2.05, 4.69) is 11.2 Å². The first-order chi connectivity index (χ1) is 10.8. The summed E-state index contributed by atoms with van der Waals surface area (Å²) < 4.78 is 16.2. The van der Waals surface area contributed by atoms with Gasteiger partial charge < -0.3 is 14.0 Å². The lowest BCUT2D eigenvalue weighted by atomic mass is 10.2. The first-order valence-corrected chi connectivity index (χ1v) is 7.38. The van der Waals surface area contributed by atoms with Crippen LogP contribution in [0.3, 0.4) is 0 Å². The fourth-order valence-corrected chi connectivity index (χ4v) is 2.60. The summed E-state index contributed by atoms with van der Waals surface area (Å²) in [6.07, 6.45) is 0. The van der Waals surface area contributed by atoms with E-state index in [-0.39, 0.29) is 6.61 Å². The van der Waals surface area contributed by atoms with Gasteiger partial charge in [0.2, 0.25) is 0 Å². The Labute approximate surface area is 131 Å². The van der Waals surface area contributed by atoms with Crippen LogP contribution in [0, 0.1) is 11.3 Å². The van der Waals surface area contributed by atoms with Crippen molar-refractivity contribution in [1.29, 1.82) is 5.26 Å². The Morgan fingerprint density at radius 3 is 2.91 bits per heavy atom. The molecule has 0 fully saturated rings. The summed E-state index contributed by atoms with van der Waals surface area (Å²) in [5.41, 5.74) is 1.21. The molecule has 0 spiro atoms. The summed E-state index contributed by atoms with van der Waals surface area (Å²) >= 11 is 1.59. The Morgan fingerprint density at radius 2 is 2.18 bits per heavy atom. The first-order valence-electron chi connectivity index (χ1n) is 6.50. The van der Waals surface area contributed by atoms with Crippen LogP contribution in [0.25, 0.3) is 10.6 Å². The van der Waals surface area contributed by atoms with Gasteiger partial charge in [-0.05, 0) is 23.6 Å². The molecule has 2 aromatic heterocycles. The highest BCUT2D eigenvalue weighted by Gasteiger charge is 2.10. The molecule has 5 nitrogen and oxygen atoms in total. The number of methoxy groups -OCH3 is 1. The lowest BCUT2D eigenvalue weighted by Gasteiger charge is -2.09. The molecule has 0 aliphatic rings. The van der Waals surface area contributed by atoms with Crippen molar-refractivity contribution in [3.8, 4) is 28.2 Å². The van der Waals surface area contributed by atoms with E-state index >= 15 is 0 Å². The summed E-state index contributed by atoms with van der Waals surface area (Å²) in [6, 6.07) is 12.9. The molecule has 0 saturated carbocycles. The van der Waals surface area contributed by atoms with E-state index in [0.717, 1.165) is 10.6 Å². The van der Waals surface area contributed by atoms with Crippen LogP contribution in [0.2, 0.25) is 0 Å². The molecule has 0 unspecified atom stereocenters. The van der Waals surface area contributed by atoms with Crippen LogP contribution in [-0.2, 0) is 6.61 Å². The van der Waals surface area contributed by atoms with Gasteiger partial charge in [0.25, 0.3) is 0 Å². The standard InChI is InChI=1S/C16H12N2O3S/c1-19-14-7-11(9-17)4-5-13(14)20-10-12-8-15(21-18-12)16-3-2-6-22-16/h2-8H,10H2,1H3. The summed E-state index contributed by atoms with van der Waals surface area (Å²) in [7, 11) is 1.54. The Kier molecular flexibility index (Phi) is 4.08. The van der Waals surface area contributed by atoms with Crippen LogP contribution in [0.4, 0.5) is 0 Å². The van der Waals surface area contributed by atoms with E-state index in [9.17, 15) is 0 Å². The van der Waals surface area contributed by atoms with Crippen LogP contribution < -0.4 is 9.47 Å². The molecule has 0 radical (unpaired) electrons. The van der Waals surface area contributed by atoms with Gasteiger partial charge in [0.05, 0.1) is 23.6 Å². The van der Waals surface area contributed by atoms with E-state index in [4.69, 9.17) is 19.3 Å². The summed E-state index contributed by atoms with van der Waals surface area (Å²) in [5, 5.41) is 14.9. The van der Waals surface area contributed by atoms with E-state index in [1.807, 2.05) is 23.6 Å². The summed E-state index contributed by atoms with van der Waals surface area (Å²) in [5.74, 6) is 1.79. The zero-order chi connectivity index (χ0) is 15.4. The Bertz CT molecular complexity index is 803. The van der Waals surface area contributed by atoms with Crippen molar-refractivity contribution in [2.24, 2.45) is 0 Å². The third-order valence-corrected chi connectivity index (χ3v) is 3.88. The molecule has 22 heavy (non-hydrogen) atoms. The Morgan fingerprint density at radius 1 is 1.27 bits per heavy atom. The van der Waals surface area contributed by atoms with Crippen molar-refractivity contribution in [1.82, 2.24) is 5.16 Å². The number of rotatable bonds is 5. The molecule has 0 aliphatic heterocycles. The van der Waals surface area contributed by atoms with E-state index in [0.29, 0.717) is 22.8 Å². The molecule has 0 N–H and O–H groups in total. The third-order valence-electron chi connectivity index (χ3n) is 2.99. The predicted molar refractivity (Wildman–Crippen MR) is 81.9 cm³/mol.